The third kappa shape index (κ3) is 1.65. The minimum absolute atomic E-state index is 1.08. The average Bonchev–Trinajstić information content (AvgIpc) is 3.06. The third-order valence-corrected chi connectivity index (χ3v) is 4.40. The van der Waals surface area contributed by atoms with E-state index in [4.69, 9.17) is 0 Å². The maximum atomic E-state index is 3.94. The second-order valence-corrected chi connectivity index (χ2v) is 5.53. The van der Waals surface area contributed by atoms with Crippen molar-refractivity contribution in [3.05, 3.63) is 59.3 Å². The molecule has 0 atom stereocenters. The largest absolute Gasteiger partial charge is 0.353 e. The Morgan fingerprint density at radius 2 is 1.81 bits per heavy atom. The lowest BCUT2D eigenvalue weighted by molar-refractivity contribution is 0.945. The average molecular weight is 274 g/mol. The molecular weight excluding hydrogens is 256 g/mol. The van der Waals surface area contributed by atoms with Gasteiger partial charge in [0.15, 0.2) is 0 Å². The number of hydrogen-bond donors (Lipinski definition) is 2. The first-order chi connectivity index (χ1) is 10.3. The molecule has 3 aromatic rings. The molecule has 104 valence electrons. The Hall–Kier alpha value is -2.48. The van der Waals surface area contributed by atoms with Crippen LogP contribution in [0.1, 0.15) is 29.3 Å². The second kappa shape index (κ2) is 4.52. The van der Waals surface area contributed by atoms with Crippen LogP contribution in [0.5, 0.6) is 0 Å². The Morgan fingerprint density at radius 3 is 2.62 bits per heavy atom. The summed E-state index contributed by atoms with van der Waals surface area (Å²) < 4.78 is 0. The maximum absolute atomic E-state index is 3.94. The zero-order chi connectivity index (χ0) is 14.4. The number of nitrogens with one attached hydrogen (secondary N) is 2. The van der Waals surface area contributed by atoms with E-state index < -0.39 is 0 Å². The van der Waals surface area contributed by atoms with Gasteiger partial charge in [-0.2, -0.15) is 0 Å². The molecule has 0 bridgehead atoms. The normalized spacial score (nSPS) is 13.6. The standard InChI is InChI=1S/C19H18N2/c1-3-7-12-14-10-11-15-13-8-5-6-9-17(13)21-19(15)18(14)20-16(12)4-2/h3-9,20-21H,2,10-11H2,1H3/b7-3-. The van der Waals surface area contributed by atoms with Gasteiger partial charge in [-0.15, -0.1) is 0 Å². The van der Waals surface area contributed by atoms with Crippen LogP contribution in [0.15, 0.2) is 36.9 Å². The molecule has 0 unspecified atom stereocenters. The van der Waals surface area contributed by atoms with E-state index in [0.717, 1.165) is 18.5 Å². The van der Waals surface area contributed by atoms with Crippen LogP contribution in [0, 0.1) is 0 Å². The maximum Gasteiger partial charge on any atom is 0.0666 e. The van der Waals surface area contributed by atoms with E-state index in [1.54, 1.807) is 0 Å². The molecule has 1 aromatic carbocycles. The first kappa shape index (κ1) is 12.3. The fourth-order valence-electron chi connectivity index (χ4n) is 3.49. The molecule has 0 amide bonds. The van der Waals surface area contributed by atoms with Crippen molar-refractivity contribution in [2.24, 2.45) is 0 Å². The minimum Gasteiger partial charge on any atom is -0.353 e. The molecule has 0 saturated carbocycles. The van der Waals surface area contributed by atoms with Crippen LogP contribution in [-0.4, -0.2) is 9.97 Å². The van der Waals surface area contributed by atoms with Crippen molar-refractivity contribution in [1.29, 1.82) is 0 Å². The van der Waals surface area contributed by atoms with Gasteiger partial charge >= 0.3 is 0 Å². The molecule has 4 rings (SSSR count). The summed E-state index contributed by atoms with van der Waals surface area (Å²) in [6, 6.07) is 8.55. The molecule has 2 heteroatoms. The van der Waals surface area contributed by atoms with E-state index in [9.17, 15) is 0 Å². The Balaban J connectivity index is 2.03. The zero-order valence-corrected chi connectivity index (χ0v) is 12.2. The van der Waals surface area contributed by atoms with Crippen molar-refractivity contribution in [1.82, 2.24) is 9.97 Å². The highest BCUT2D eigenvalue weighted by Crippen LogP contribution is 2.39. The lowest BCUT2D eigenvalue weighted by Gasteiger charge is -2.13. The quantitative estimate of drug-likeness (QED) is 0.663. The minimum atomic E-state index is 1.08. The summed E-state index contributed by atoms with van der Waals surface area (Å²) in [5.74, 6) is 0. The smallest absolute Gasteiger partial charge is 0.0666 e. The number of rotatable bonds is 2. The van der Waals surface area contributed by atoms with Gasteiger partial charge in [0.05, 0.1) is 11.4 Å². The summed E-state index contributed by atoms with van der Waals surface area (Å²) in [5.41, 5.74) is 8.94. The third-order valence-electron chi connectivity index (χ3n) is 4.40. The second-order valence-electron chi connectivity index (χ2n) is 5.53. The van der Waals surface area contributed by atoms with Crippen LogP contribution in [-0.2, 0) is 12.8 Å². The summed E-state index contributed by atoms with van der Waals surface area (Å²) >= 11 is 0. The molecule has 2 N–H and O–H groups in total. The first-order valence-electron chi connectivity index (χ1n) is 7.43. The highest BCUT2D eigenvalue weighted by Gasteiger charge is 2.25. The van der Waals surface area contributed by atoms with Crippen LogP contribution in [0.4, 0.5) is 0 Å². The van der Waals surface area contributed by atoms with E-state index in [2.05, 4.69) is 59.9 Å². The molecular formula is C19H18N2. The molecule has 2 heterocycles. The summed E-state index contributed by atoms with van der Waals surface area (Å²) in [4.78, 5) is 7.14. The summed E-state index contributed by atoms with van der Waals surface area (Å²) in [6.07, 6.45) is 8.35. The monoisotopic (exact) mass is 274 g/mol. The topological polar surface area (TPSA) is 31.6 Å². The Morgan fingerprint density at radius 1 is 1.05 bits per heavy atom. The van der Waals surface area contributed by atoms with Crippen LogP contribution in [0.25, 0.3) is 34.4 Å². The molecule has 2 nitrogen and oxygen atoms in total. The fourth-order valence-corrected chi connectivity index (χ4v) is 3.49. The number of para-hydroxylation sites is 1. The van der Waals surface area contributed by atoms with E-state index >= 15 is 0 Å². The number of hydrogen-bond acceptors (Lipinski definition) is 0. The van der Waals surface area contributed by atoms with Gasteiger partial charge in [0.2, 0.25) is 0 Å². The van der Waals surface area contributed by atoms with Gasteiger partial charge in [0, 0.05) is 22.2 Å². The number of benzene rings is 1. The first-order valence-corrected chi connectivity index (χ1v) is 7.43. The van der Waals surface area contributed by atoms with Crippen LogP contribution in [0.2, 0.25) is 0 Å². The fraction of sp³-hybridized carbons (Fsp3) is 0.158. The van der Waals surface area contributed by atoms with Gasteiger partial charge in [-0.3, -0.25) is 0 Å². The van der Waals surface area contributed by atoms with Crippen molar-refractivity contribution >= 4 is 23.1 Å². The molecule has 0 spiro atoms. The molecule has 0 saturated heterocycles. The van der Waals surface area contributed by atoms with Crippen molar-refractivity contribution in [3.63, 3.8) is 0 Å². The predicted molar refractivity (Wildman–Crippen MR) is 90.3 cm³/mol. The van der Waals surface area contributed by atoms with Gasteiger partial charge in [-0.05, 0) is 43.0 Å². The number of aromatic nitrogens is 2. The number of allylic oxidation sites excluding steroid dienone is 1. The number of H-pyrrole nitrogens is 2. The van der Waals surface area contributed by atoms with E-state index in [1.807, 2.05) is 6.08 Å². The number of fused-ring (bicyclic) bond motifs is 5. The van der Waals surface area contributed by atoms with Crippen molar-refractivity contribution < 1.29 is 0 Å². The van der Waals surface area contributed by atoms with E-state index in [-0.39, 0.29) is 0 Å². The molecule has 0 fully saturated rings. The van der Waals surface area contributed by atoms with Gasteiger partial charge in [0.1, 0.15) is 0 Å². The predicted octanol–water partition coefficient (Wildman–Crippen LogP) is 4.94. The van der Waals surface area contributed by atoms with E-state index in [0.29, 0.717) is 0 Å². The Kier molecular flexibility index (Phi) is 2.64. The molecule has 1 aliphatic rings. The number of aromatic amines is 2. The van der Waals surface area contributed by atoms with Crippen molar-refractivity contribution in [2.45, 2.75) is 19.8 Å². The lowest BCUT2D eigenvalue weighted by Crippen LogP contribution is -2.02. The highest BCUT2D eigenvalue weighted by atomic mass is 14.8. The SMILES string of the molecule is C=Cc1[nH]c2c(c1/C=C\C)CCc1c-2[nH]c2ccccc12. The van der Waals surface area contributed by atoms with Crippen LogP contribution in [0.3, 0.4) is 0 Å². The van der Waals surface area contributed by atoms with Gasteiger partial charge in [0.25, 0.3) is 0 Å². The number of aryl methyl sites for hydroxylation is 1. The van der Waals surface area contributed by atoms with Crippen molar-refractivity contribution in [2.75, 3.05) is 0 Å². The molecule has 1 aliphatic carbocycles. The zero-order valence-electron chi connectivity index (χ0n) is 12.2. The van der Waals surface area contributed by atoms with Gasteiger partial charge < -0.3 is 9.97 Å². The van der Waals surface area contributed by atoms with Crippen LogP contribution < -0.4 is 0 Å². The highest BCUT2D eigenvalue weighted by molar-refractivity contribution is 5.92. The summed E-state index contributed by atoms with van der Waals surface area (Å²) in [7, 11) is 0. The van der Waals surface area contributed by atoms with Gasteiger partial charge in [-0.25, -0.2) is 0 Å². The molecule has 2 aromatic heterocycles. The Labute approximate surface area is 124 Å². The van der Waals surface area contributed by atoms with Crippen molar-refractivity contribution in [3.8, 4) is 11.4 Å². The summed E-state index contributed by atoms with van der Waals surface area (Å²) in [5, 5.41) is 1.35. The van der Waals surface area contributed by atoms with Gasteiger partial charge in [-0.1, -0.05) is 36.9 Å². The Bertz CT molecular complexity index is 874. The van der Waals surface area contributed by atoms with E-state index in [1.165, 1.54) is 39.0 Å². The lowest BCUT2D eigenvalue weighted by atomic mass is 9.91. The molecule has 21 heavy (non-hydrogen) atoms. The molecule has 0 radical (unpaired) electrons. The van der Waals surface area contributed by atoms with Crippen LogP contribution >= 0.6 is 0 Å². The summed E-state index contributed by atoms with van der Waals surface area (Å²) in [6.45, 7) is 6.00. The molecule has 0 aliphatic heterocycles.